The molecule has 0 aromatic rings. The van der Waals surface area contributed by atoms with Crippen LogP contribution in [0.4, 0.5) is 0 Å². The zero-order valence-corrected chi connectivity index (χ0v) is 8.45. The van der Waals surface area contributed by atoms with Crippen molar-refractivity contribution in [1.82, 2.24) is 4.90 Å². The highest BCUT2D eigenvalue weighted by molar-refractivity contribution is 8.93. The highest BCUT2D eigenvalue weighted by Gasteiger charge is 2.05. The Kier molecular flexibility index (Phi) is 4.95. The van der Waals surface area contributed by atoms with Crippen molar-refractivity contribution in [2.75, 3.05) is 6.54 Å². The van der Waals surface area contributed by atoms with Crippen LogP contribution in [0.1, 0.15) is 6.92 Å². The molecule has 1 heterocycles. The quantitative estimate of drug-likeness (QED) is 0.641. The summed E-state index contributed by atoms with van der Waals surface area (Å²) in [7, 11) is 0. The molecule has 0 radical (unpaired) electrons. The lowest BCUT2D eigenvalue weighted by Crippen LogP contribution is -2.27. The van der Waals surface area contributed by atoms with Gasteiger partial charge < -0.3 is 4.90 Å². The Hall–Kier alpha value is -0.500. The molecule has 0 aromatic carbocycles. The van der Waals surface area contributed by atoms with Crippen LogP contribution in [0.15, 0.2) is 37.1 Å². The first kappa shape index (κ1) is 10.5. The van der Waals surface area contributed by atoms with Gasteiger partial charge in [-0.1, -0.05) is 18.2 Å². The van der Waals surface area contributed by atoms with Crippen molar-refractivity contribution >= 4 is 17.0 Å². The molecular formula is C9H14BrN. The smallest absolute Gasteiger partial charge is 0.0445 e. The Labute approximate surface area is 78.9 Å². The highest BCUT2D eigenvalue weighted by Crippen LogP contribution is 2.06. The van der Waals surface area contributed by atoms with Gasteiger partial charge >= 0.3 is 0 Å². The van der Waals surface area contributed by atoms with Gasteiger partial charge in [0, 0.05) is 12.6 Å². The second-order valence-electron chi connectivity index (χ2n) is 2.45. The van der Waals surface area contributed by atoms with Gasteiger partial charge in [-0.05, 0) is 19.2 Å². The molecule has 0 aromatic heterocycles. The molecular weight excluding hydrogens is 202 g/mol. The minimum atomic E-state index is 0. The Morgan fingerprint density at radius 3 is 2.82 bits per heavy atom. The molecule has 1 aliphatic rings. The average molecular weight is 216 g/mol. The van der Waals surface area contributed by atoms with Crippen molar-refractivity contribution in [2.24, 2.45) is 0 Å². The van der Waals surface area contributed by atoms with E-state index in [1.807, 2.05) is 12.2 Å². The second-order valence-corrected chi connectivity index (χ2v) is 2.45. The lowest BCUT2D eigenvalue weighted by atomic mass is 10.2. The minimum Gasteiger partial charge on any atom is -0.368 e. The van der Waals surface area contributed by atoms with E-state index in [0.29, 0.717) is 6.04 Å². The summed E-state index contributed by atoms with van der Waals surface area (Å²) in [5.74, 6) is 0. The summed E-state index contributed by atoms with van der Waals surface area (Å²) in [6.45, 7) is 6.79. The van der Waals surface area contributed by atoms with Gasteiger partial charge in [0.15, 0.2) is 0 Å². The maximum atomic E-state index is 3.69. The number of halogens is 1. The van der Waals surface area contributed by atoms with E-state index in [1.165, 1.54) is 0 Å². The first-order valence-corrected chi connectivity index (χ1v) is 3.56. The molecule has 0 N–H and O–H groups in total. The van der Waals surface area contributed by atoms with E-state index in [-0.39, 0.29) is 17.0 Å². The molecule has 0 saturated heterocycles. The van der Waals surface area contributed by atoms with Gasteiger partial charge in [-0.2, -0.15) is 0 Å². The van der Waals surface area contributed by atoms with Gasteiger partial charge in [-0.15, -0.1) is 23.6 Å². The molecule has 0 aliphatic carbocycles. The van der Waals surface area contributed by atoms with Crippen LogP contribution in [-0.2, 0) is 0 Å². The topological polar surface area (TPSA) is 3.24 Å². The monoisotopic (exact) mass is 215 g/mol. The molecule has 1 atom stereocenters. The molecule has 0 amide bonds. The maximum absolute atomic E-state index is 3.69. The summed E-state index contributed by atoms with van der Waals surface area (Å²) in [5, 5.41) is 0. The molecule has 11 heavy (non-hydrogen) atoms. The van der Waals surface area contributed by atoms with Crippen LogP contribution in [-0.4, -0.2) is 17.5 Å². The molecule has 1 aliphatic heterocycles. The highest BCUT2D eigenvalue weighted by atomic mass is 79.9. The van der Waals surface area contributed by atoms with Crippen molar-refractivity contribution in [1.29, 1.82) is 0 Å². The molecule has 0 bridgehead atoms. The fraction of sp³-hybridized carbons (Fsp3) is 0.333. The largest absolute Gasteiger partial charge is 0.368 e. The molecule has 62 valence electrons. The van der Waals surface area contributed by atoms with E-state index < -0.39 is 0 Å². The van der Waals surface area contributed by atoms with Crippen LogP contribution in [0.5, 0.6) is 0 Å². The second kappa shape index (κ2) is 5.19. The lowest BCUT2D eigenvalue weighted by Gasteiger charge is -2.25. The van der Waals surface area contributed by atoms with Gasteiger partial charge in [-0.25, -0.2) is 0 Å². The van der Waals surface area contributed by atoms with Gasteiger partial charge in [0.1, 0.15) is 0 Å². The van der Waals surface area contributed by atoms with Crippen LogP contribution in [0.2, 0.25) is 0 Å². The molecule has 2 heteroatoms. The summed E-state index contributed by atoms with van der Waals surface area (Å²) in [5.41, 5.74) is 0. The van der Waals surface area contributed by atoms with Crippen molar-refractivity contribution in [3.63, 3.8) is 0 Å². The molecule has 0 saturated carbocycles. The Balaban J connectivity index is 0.000001000. The van der Waals surface area contributed by atoms with Crippen molar-refractivity contribution < 1.29 is 0 Å². The van der Waals surface area contributed by atoms with E-state index in [0.717, 1.165) is 6.54 Å². The van der Waals surface area contributed by atoms with Crippen LogP contribution in [0.3, 0.4) is 0 Å². The van der Waals surface area contributed by atoms with Crippen LogP contribution < -0.4 is 0 Å². The number of nitrogens with zero attached hydrogens (tertiary/aromatic N) is 1. The van der Waals surface area contributed by atoms with Crippen LogP contribution in [0, 0.1) is 0 Å². The van der Waals surface area contributed by atoms with E-state index in [1.54, 1.807) is 0 Å². The summed E-state index contributed by atoms with van der Waals surface area (Å²) in [6.07, 6.45) is 10.3. The summed E-state index contributed by atoms with van der Waals surface area (Å²) in [6, 6.07) is 0.517. The molecule has 0 fully saturated rings. The normalized spacial score (nSPS) is 21.2. The van der Waals surface area contributed by atoms with Crippen LogP contribution >= 0.6 is 17.0 Å². The molecule has 1 unspecified atom stereocenters. The van der Waals surface area contributed by atoms with Crippen LogP contribution in [0.25, 0.3) is 0 Å². The Morgan fingerprint density at radius 1 is 1.55 bits per heavy atom. The van der Waals surface area contributed by atoms with E-state index in [4.69, 9.17) is 0 Å². The fourth-order valence-electron chi connectivity index (χ4n) is 1.01. The zero-order chi connectivity index (χ0) is 7.40. The van der Waals surface area contributed by atoms with Crippen molar-refractivity contribution in [3.05, 3.63) is 37.1 Å². The first-order chi connectivity index (χ1) is 4.84. The standard InChI is InChI=1S/C9H13N.BrH/c1-3-7-10-8-5-4-6-9(10)2;/h3-6,8-9H,1,7H2,2H3;1H. The van der Waals surface area contributed by atoms with E-state index >= 15 is 0 Å². The van der Waals surface area contributed by atoms with Gasteiger partial charge in [0.25, 0.3) is 0 Å². The third-order valence-electron chi connectivity index (χ3n) is 1.64. The third-order valence-corrected chi connectivity index (χ3v) is 1.64. The number of hydrogen-bond donors (Lipinski definition) is 0. The molecule has 1 rings (SSSR count). The summed E-state index contributed by atoms with van der Waals surface area (Å²) >= 11 is 0. The predicted octanol–water partition coefficient (Wildman–Crippen LogP) is 2.52. The molecule has 1 nitrogen and oxygen atoms in total. The third kappa shape index (κ3) is 2.93. The maximum Gasteiger partial charge on any atom is 0.0445 e. The Morgan fingerprint density at radius 2 is 2.27 bits per heavy atom. The van der Waals surface area contributed by atoms with Crippen molar-refractivity contribution in [2.45, 2.75) is 13.0 Å². The van der Waals surface area contributed by atoms with Crippen molar-refractivity contribution in [3.8, 4) is 0 Å². The van der Waals surface area contributed by atoms with Gasteiger partial charge in [0.05, 0.1) is 0 Å². The number of hydrogen-bond acceptors (Lipinski definition) is 1. The summed E-state index contributed by atoms with van der Waals surface area (Å²) in [4.78, 5) is 2.23. The SMILES string of the molecule is Br.C=CCN1C=CC=CC1C. The molecule has 0 spiro atoms. The Bertz CT molecular complexity index is 172. The average Bonchev–Trinajstić information content (AvgIpc) is 1.94. The van der Waals surface area contributed by atoms with Gasteiger partial charge in [-0.3, -0.25) is 0 Å². The fourth-order valence-corrected chi connectivity index (χ4v) is 1.01. The first-order valence-electron chi connectivity index (χ1n) is 3.56. The van der Waals surface area contributed by atoms with E-state index in [2.05, 4.69) is 36.8 Å². The van der Waals surface area contributed by atoms with Gasteiger partial charge in [0.2, 0.25) is 0 Å². The minimum absolute atomic E-state index is 0. The predicted molar refractivity (Wildman–Crippen MR) is 55.0 cm³/mol. The summed E-state index contributed by atoms with van der Waals surface area (Å²) < 4.78 is 0. The number of rotatable bonds is 2. The lowest BCUT2D eigenvalue weighted by molar-refractivity contribution is 0.367. The number of allylic oxidation sites excluding steroid dienone is 2. The zero-order valence-electron chi connectivity index (χ0n) is 6.73. The van der Waals surface area contributed by atoms with E-state index in [9.17, 15) is 0 Å².